The van der Waals surface area contributed by atoms with E-state index in [0.717, 1.165) is 12.1 Å². The molecule has 0 bridgehead atoms. The molecule has 1 N–H and O–H groups in total. The second-order valence-electron chi connectivity index (χ2n) is 9.83. The first kappa shape index (κ1) is 25.7. The van der Waals surface area contributed by atoms with E-state index in [9.17, 15) is 4.79 Å². The van der Waals surface area contributed by atoms with Gasteiger partial charge in [-0.1, -0.05) is 11.6 Å². The summed E-state index contributed by atoms with van der Waals surface area (Å²) in [6, 6.07) is 10.2. The third-order valence-corrected chi connectivity index (χ3v) is 5.80. The summed E-state index contributed by atoms with van der Waals surface area (Å²) >= 11 is 6.09. The fourth-order valence-corrected chi connectivity index (χ4v) is 3.95. The molecule has 36 heavy (non-hydrogen) atoms. The summed E-state index contributed by atoms with van der Waals surface area (Å²) in [6.07, 6.45) is 2.72. The molecule has 0 unspecified atom stereocenters. The zero-order valence-corrected chi connectivity index (χ0v) is 21.8. The van der Waals surface area contributed by atoms with Crippen LogP contribution in [0.4, 0.5) is 14.9 Å². The topological polar surface area (TPSA) is 79.3 Å². The van der Waals surface area contributed by atoms with Gasteiger partial charge in [0.15, 0.2) is 0 Å². The number of anilines is 1. The normalized spacial score (nSPS) is 11.9. The molecule has 0 saturated heterocycles. The Morgan fingerprint density at radius 1 is 1.19 bits per heavy atom. The Hall–Kier alpha value is -3.43. The highest BCUT2D eigenvalue weighted by atomic mass is 35.5. The van der Waals surface area contributed by atoms with Crippen molar-refractivity contribution in [3.8, 4) is 11.1 Å². The molecule has 0 saturated carbocycles. The number of amides is 1. The first-order chi connectivity index (χ1) is 17.0. The Kier molecular flexibility index (Phi) is 7.33. The van der Waals surface area contributed by atoms with E-state index in [4.69, 9.17) is 21.3 Å². The van der Waals surface area contributed by atoms with Crippen LogP contribution in [0.1, 0.15) is 26.6 Å². The Morgan fingerprint density at radius 2 is 1.92 bits per heavy atom. The van der Waals surface area contributed by atoms with Gasteiger partial charge in [0.25, 0.3) is 0 Å². The van der Waals surface area contributed by atoms with Crippen molar-refractivity contribution in [2.45, 2.75) is 39.5 Å². The number of fused-ring (bicyclic) bond motifs is 1. The number of carbonyl (C=O) groups excluding carboxylic acids is 1. The Labute approximate surface area is 214 Å². The van der Waals surface area contributed by atoms with Crippen molar-refractivity contribution in [2.24, 2.45) is 0 Å². The van der Waals surface area contributed by atoms with Crippen molar-refractivity contribution in [2.75, 3.05) is 25.5 Å². The standard InChI is InChI=1S/C26H30ClFN6O2/c1-26(2,3)36-25(35)34(19-8-6-18(27)7-9-19)16-24-31-22-13-21(28)20(17-14-29-30-15-17)12-23(22)33(24)11-10-32(4)5/h6-9,12-15H,10-11,16H2,1-5H3,(H,29,30). The van der Waals surface area contributed by atoms with E-state index in [-0.39, 0.29) is 6.54 Å². The minimum absolute atomic E-state index is 0.126. The number of rotatable bonds is 7. The van der Waals surface area contributed by atoms with Crippen LogP contribution >= 0.6 is 11.6 Å². The van der Waals surface area contributed by atoms with Crippen LogP contribution in [0, 0.1) is 5.82 Å². The van der Waals surface area contributed by atoms with Gasteiger partial charge in [-0.15, -0.1) is 0 Å². The Morgan fingerprint density at radius 3 is 2.53 bits per heavy atom. The number of halogens is 2. The summed E-state index contributed by atoms with van der Waals surface area (Å²) in [4.78, 5) is 21.6. The number of nitrogens with zero attached hydrogens (tertiary/aromatic N) is 5. The summed E-state index contributed by atoms with van der Waals surface area (Å²) in [5, 5.41) is 7.23. The van der Waals surface area contributed by atoms with Crippen molar-refractivity contribution in [3.63, 3.8) is 0 Å². The zero-order valence-electron chi connectivity index (χ0n) is 21.0. The van der Waals surface area contributed by atoms with E-state index in [0.29, 0.717) is 39.7 Å². The van der Waals surface area contributed by atoms with Gasteiger partial charge < -0.3 is 14.2 Å². The van der Waals surface area contributed by atoms with Gasteiger partial charge in [-0.05, 0) is 65.2 Å². The van der Waals surface area contributed by atoms with Crippen LogP contribution in [0.3, 0.4) is 0 Å². The van der Waals surface area contributed by atoms with Crippen molar-refractivity contribution in [1.82, 2.24) is 24.6 Å². The van der Waals surface area contributed by atoms with Crippen LogP contribution in [0.25, 0.3) is 22.2 Å². The smallest absolute Gasteiger partial charge is 0.415 e. The number of ether oxygens (including phenoxy) is 1. The number of nitrogens with one attached hydrogen (secondary N) is 1. The lowest BCUT2D eigenvalue weighted by Gasteiger charge is -2.27. The first-order valence-electron chi connectivity index (χ1n) is 11.6. The number of imidazole rings is 1. The van der Waals surface area contributed by atoms with Crippen LogP contribution in [0.15, 0.2) is 48.8 Å². The van der Waals surface area contributed by atoms with Gasteiger partial charge in [-0.2, -0.15) is 5.10 Å². The number of hydrogen-bond donors (Lipinski definition) is 1. The lowest BCUT2D eigenvalue weighted by molar-refractivity contribution is 0.0576. The number of aromatic amines is 1. The minimum Gasteiger partial charge on any atom is -0.443 e. The molecule has 10 heteroatoms. The van der Waals surface area contributed by atoms with E-state index in [2.05, 4.69) is 15.1 Å². The van der Waals surface area contributed by atoms with Gasteiger partial charge >= 0.3 is 6.09 Å². The average molecular weight is 513 g/mol. The molecule has 0 aliphatic heterocycles. The predicted molar refractivity (Wildman–Crippen MR) is 140 cm³/mol. The maximum atomic E-state index is 15.0. The summed E-state index contributed by atoms with van der Waals surface area (Å²) < 4.78 is 22.7. The fourth-order valence-electron chi connectivity index (χ4n) is 3.83. The minimum atomic E-state index is -0.685. The molecule has 2 heterocycles. The molecule has 0 aliphatic carbocycles. The zero-order chi connectivity index (χ0) is 26.0. The number of H-pyrrole nitrogens is 1. The molecular formula is C26H30ClFN6O2. The third kappa shape index (κ3) is 5.85. The number of likely N-dealkylation sites (N-methyl/N-ethyl adjacent to an activating group) is 1. The highest BCUT2D eigenvalue weighted by molar-refractivity contribution is 6.30. The number of hydrogen-bond acceptors (Lipinski definition) is 5. The molecule has 1 amide bonds. The van der Waals surface area contributed by atoms with Crippen molar-refractivity contribution in [1.29, 1.82) is 0 Å². The fraction of sp³-hybridized carbons (Fsp3) is 0.346. The van der Waals surface area contributed by atoms with E-state index in [1.807, 2.05) is 39.4 Å². The van der Waals surface area contributed by atoms with Crippen molar-refractivity contribution in [3.05, 3.63) is 65.5 Å². The third-order valence-electron chi connectivity index (χ3n) is 5.55. The number of carbonyl (C=O) groups is 1. The summed E-state index contributed by atoms with van der Waals surface area (Å²) in [5.74, 6) is 0.214. The van der Waals surface area contributed by atoms with Crippen LogP contribution in [0.2, 0.25) is 5.02 Å². The molecule has 4 rings (SSSR count). The first-order valence-corrected chi connectivity index (χ1v) is 12.0. The van der Waals surface area contributed by atoms with Gasteiger partial charge in [0.2, 0.25) is 0 Å². The Bertz CT molecular complexity index is 1340. The molecule has 2 aromatic carbocycles. The second kappa shape index (κ2) is 10.3. The van der Waals surface area contributed by atoms with Gasteiger partial charge in [0.1, 0.15) is 17.2 Å². The highest BCUT2D eigenvalue weighted by Crippen LogP contribution is 2.29. The summed E-state index contributed by atoms with van der Waals surface area (Å²) in [5.41, 5.74) is 2.28. The van der Waals surface area contributed by atoms with Crippen LogP contribution in [-0.2, 0) is 17.8 Å². The van der Waals surface area contributed by atoms with Gasteiger partial charge in [0, 0.05) is 47.2 Å². The van der Waals surface area contributed by atoms with E-state index >= 15 is 4.39 Å². The molecular weight excluding hydrogens is 483 g/mol. The Balaban J connectivity index is 1.81. The van der Waals surface area contributed by atoms with Crippen molar-refractivity contribution >= 4 is 34.4 Å². The van der Waals surface area contributed by atoms with Gasteiger partial charge in [0.05, 0.1) is 23.8 Å². The van der Waals surface area contributed by atoms with Crippen molar-refractivity contribution < 1.29 is 13.9 Å². The SMILES string of the molecule is CN(C)CCn1c(CN(C(=O)OC(C)(C)C)c2ccc(Cl)cc2)nc2cc(F)c(-c3cn[nH]c3)cc21. The summed E-state index contributed by atoms with van der Waals surface area (Å²) in [7, 11) is 3.96. The second-order valence-corrected chi connectivity index (χ2v) is 10.3. The highest BCUT2D eigenvalue weighted by Gasteiger charge is 2.26. The average Bonchev–Trinajstić information content (AvgIpc) is 3.42. The van der Waals surface area contributed by atoms with E-state index in [1.54, 1.807) is 42.7 Å². The van der Waals surface area contributed by atoms with Gasteiger partial charge in [-0.3, -0.25) is 10.00 Å². The summed E-state index contributed by atoms with van der Waals surface area (Å²) in [6.45, 7) is 6.90. The molecule has 0 aliphatic rings. The lowest BCUT2D eigenvalue weighted by atomic mass is 10.1. The maximum Gasteiger partial charge on any atom is 0.415 e. The monoisotopic (exact) mass is 512 g/mol. The van der Waals surface area contributed by atoms with E-state index < -0.39 is 17.5 Å². The van der Waals surface area contributed by atoms with Gasteiger partial charge in [-0.25, -0.2) is 14.2 Å². The number of aromatic nitrogens is 4. The molecule has 0 atom stereocenters. The van der Waals surface area contributed by atoms with Crippen LogP contribution < -0.4 is 4.90 Å². The molecule has 2 aromatic heterocycles. The maximum absolute atomic E-state index is 15.0. The predicted octanol–water partition coefficient (Wildman–Crippen LogP) is 5.72. The molecule has 4 aromatic rings. The molecule has 190 valence electrons. The molecule has 0 spiro atoms. The van der Waals surface area contributed by atoms with Crippen LogP contribution in [0.5, 0.6) is 0 Å². The molecule has 8 nitrogen and oxygen atoms in total. The quantitative estimate of drug-likeness (QED) is 0.342. The van der Waals surface area contributed by atoms with Crippen LogP contribution in [-0.4, -0.2) is 57.0 Å². The van der Waals surface area contributed by atoms with E-state index in [1.165, 1.54) is 11.0 Å². The number of benzene rings is 2. The molecule has 0 fully saturated rings. The lowest BCUT2D eigenvalue weighted by Crippen LogP contribution is -2.37. The largest absolute Gasteiger partial charge is 0.443 e. The molecule has 0 radical (unpaired) electrons.